The van der Waals surface area contributed by atoms with Gasteiger partial charge in [0.1, 0.15) is 0 Å². The number of sulfone groups is 1. The van der Waals surface area contributed by atoms with Crippen LogP contribution >= 0.6 is 0 Å². The van der Waals surface area contributed by atoms with Gasteiger partial charge in [-0.05, 0) is 19.0 Å². The van der Waals surface area contributed by atoms with Gasteiger partial charge < -0.3 is 5.73 Å². The Bertz CT molecular complexity index is 397. The lowest BCUT2D eigenvalue weighted by atomic mass is 10.3. The molecule has 6 heteroatoms. The van der Waals surface area contributed by atoms with E-state index in [1.807, 2.05) is 13.1 Å². The third kappa shape index (κ3) is 4.01. The van der Waals surface area contributed by atoms with E-state index in [0.29, 0.717) is 19.4 Å². The van der Waals surface area contributed by atoms with Crippen LogP contribution in [0.15, 0.2) is 12.3 Å². The van der Waals surface area contributed by atoms with Gasteiger partial charge >= 0.3 is 0 Å². The summed E-state index contributed by atoms with van der Waals surface area (Å²) in [6.45, 7) is 0.422. The minimum absolute atomic E-state index is 0.173. The predicted molar refractivity (Wildman–Crippen MR) is 59.2 cm³/mol. The predicted octanol–water partition coefficient (Wildman–Crippen LogP) is -0.274. The second kappa shape index (κ2) is 5.27. The minimum Gasteiger partial charge on any atom is -0.330 e. The summed E-state index contributed by atoms with van der Waals surface area (Å²) in [5, 5.41) is 3.98. The first-order valence-electron chi connectivity index (χ1n) is 4.92. The van der Waals surface area contributed by atoms with Crippen LogP contribution in [0.3, 0.4) is 0 Å². The minimum atomic E-state index is -2.96. The van der Waals surface area contributed by atoms with Crippen molar-refractivity contribution < 1.29 is 8.42 Å². The SMILES string of the molecule is Cn1nccc1CCS(=O)(=O)CCCN. The molecule has 0 saturated heterocycles. The fourth-order valence-electron chi connectivity index (χ4n) is 1.31. The zero-order valence-electron chi connectivity index (χ0n) is 8.89. The molecule has 0 bridgehead atoms. The molecule has 1 aromatic rings. The van der Waals surface area contributed by atoms with E-state index in [1.54, 1.807) is 10.9 Å². The molecule has 0 spiro atoms. The maximum Gasteiger partial charge on any atom is 0.150 e. The van der Waals surface area contributed by atoms with Crippen molar-refractivity contribution in [3.8, 4) is 0 Å². The van der Waals surface area contributed by atoms with Crippen molar-refractivity contribution >= 4 is 9.84 Å². The molecule has 0 aliphatic carbocycles. The molecule has 86 valence electrons. The van der Waals surface area contributed by atoms with Crippen LogP contribution in [0.25, 0.3) is 0 Å². The summed E-state index contributed by atoms with van der Waals surface area (Å²) in [4.78, 5) is 0. The smallest absolute Gasteiger partial charge is 0.150 e. The van der Waals surface area contributed by atoms with Crippen LogP contribution in [-0.4, -0.2) is 36.2 Å². The Morgan fingerprint density at radius 3 is 2.73 bits per heavy atom. The third-order valence-corrected chi connectivity index (χ3v) is 3.99. The molecule has 1 aromatic heterocycles. The van der Waals surface area contributed by atoms with Crippen molar-refractivity contribution in [1.82, 2.24) is 9.78 Å². The van der Waals surface area contributed by atoms with Gasteiger partial charge in [-0.1, -0.05) is 0 Å². The summed E-state index contributed by atoms with van der Waals surface area (Å²) in [7, 11) is -1.15. The Balaban J connectivity index is 2.46. The van der Waals surface area contributed by atoms with Crippen LogP contribution in [0.2, 0.25) is 0 Å². The molecule has 15 heavy (non-hydrogen) atoms. The van der Waals surface area contributed by atoms with Gasteiger partial charge in [0.2, 0.25) is 0 Å². The number of aromatic nitrogens is 2. The monoisotopic (exact) mass is 231 g/mol. The maximum atomic E-state index is 11.5. The van der Waals surface area contributed by atoms with Crippen LogP contribution in [0.1, 0.15) is 12.1 Å². The number of nitrogens with zero attached hydrogens (tertiary/aromatic N) is 2. The summed E-state index contributed by atoms with van der Waals surface area (Å²) in [5.41, 5.74) is 6.21. The molecule has 0 atom stereocenters. The first-order valence-corrected chi connectivity index (χ1v) is 6.74. The van der Waals surface area contributed by atoms with Gasteiger partial charge in [0.15, 0.2) is 9.84 Å². The highest BCUT2D eigenvalue weighted by Crippen LogP contribution is 2.02. The van der Waals surface area contributed by atoms with Crippen molar-refractivity contribution in [1.29, 1.82) is 0 Å². The highest BCUT2D eigenvalue weighted by Gasteiger charge is 2.11. The molecule has 0 saturated carbocycles. The summed E-state index contributed by atoms with van der Waals surface area (Å²) in [6, 6.07) is 1.83. The number of aryl methyl sites for hydroxylation is 2. The van der Waals surface area contributed by atoms with Gasteiger partial charge in [-0.25, -0.2) is 8.42 Å². The highest BCUT2D eigenvalue weighted by atomic mass is 32.2. The fraction of sp³-hybridized carbons (Fsp3) is 0.667. The third-order valence-electron chi connectivity index (χ3n) is 2.25. The van der Waals surface area contributed by atoms with Gasteiger partial charge in [0, 0.05) is 25.4 Å². The Morgan fingerprint density at radius 1 is 1.47 bits per heavy atom. The van der Waals surface area contributed by atoms with Gasteiger partial charge in [0.05, 0.1) is 11.5 Å². The lowest BCUT2D eigenvalue weighted by Crippen LogP contribution is -2.16. The van der Waals surface area contributed by atoms with Crippen LogP contribution in [0, 0.1) is 0 Å². The second-order valence-corrected chi connectivity index (χ2v) is 5.79. The van der Waals surface area contributed by atoms with E-state index in [1.165, 1.54) is 0 Å². The Hall–Kier alpha value is -0.880. The molecule has 0 radical (unpaired) electrons. The van der Waals surface area contributed by atoms with E-state index in [0.717, 1.165) is 5.69 Å². The lowest BCUT2D eigenvalue weighted by Gasteiger charge is -2.03. The van der Waals surface area contributed by atoms with Crippen molar-refractivity contribution in [2.75, 3.05) is 18.1 Å². The molecule has 0 aliphatic rings. The molecule has 1 rings (SSSR count). The van der Waals surface area contributed by atoms with Gasteiger partial charge in [-0.2, -0.15) is 5.10 Å². The zero-order chi connectivity index (χ0) is 11.3. The van der Waals surface area contributed by atoms with Crippen molar-refractivity contribution in [2.24, 2.45) is 12.8 Å². The van der Waals surface area contributed by atoms with Crippen LogP contribution in [0.5, 0.6) is 0 Å². The summed E-state index contributed by atoms with van der Waals surface area (Å²) in [5.74, 6) is 0.355. The molecule has 0 amide bonds. The Kier molecular flexibility index (Phi) is 4.28. The van der Waals surface area contributed by atoms with Crippen molar-refractivity contribution in [2.45, 2.75) is 12.8 Å². The van der Waals surface area contributed by atoms with Gasteiger partial charge in [-0.15, -0.1) is 0 Å². The summed E-state index contributed by atoms with van der Waals surface area (Å²) < 4.78 is 24.7. The Morgan fingerprint density at radius 2 is 2.20 bits per heavy atom. The second-order valence-electron chi connectivity index (χ2n) is 3.49. The van der Waals surface area contributed by atoms with Crippen LogP contribution in [-0.2, 0) is 23.3 Å². The van der Waals surface area contributed by atoms with Crippen molar-refractivity contribution in [3.63, 3.8) is 0 Å². The molecular formula is C9H17N3O2S. The largest absolute Gasteiger partial charge is 0.330 e. The molecule has 0 aliphatic heterocycles. The molecule has 0 aromatic carbocycles. The molecule has 2 N–H and O–H groups in total. The fourth-order valence-corrected chi connectivity index (χ4v) is 2.64. The van der Waals surface area contributed by atoms with Gasteiger partial charge in [-0.3, -0.25) is 4.68 Å². The van der Waals surface area contributed by atoms with Crippen LogP contribution < -0.4 is 5.73 Å². The average Bonchev–Trinajstić information content (AvgIpc) is 2.58. The summed E-state index contributed by atoms with van der Waals surface area (Å²) >= 11 is 0. The van der Waals surface area contributed by atoms with E-state index < -0.39 is 9.84 Å². The maximum absolute atomic E-state index is 11.5. The highest BCUT2D eigenvalue weighted by molar-refractivity contribution is 7.91. The normalized spacial score (nSPS) is 11.9. The quantitative estimate of drug-likeness (QED) is 0.731. The van der Waals surface area contributed by atoms with Crippen LogP contribution in [0.4, 0.5) is 0 Å². The average molecular weight is 231 g/mol. The van der Waals surface area contributed by atoms with E-state index >= 15 is 0 Å². The number of hydrogen-bond acceptors (Lipinski definition) is 4. The molecule has 1 heterocycles. The van der Waals surface area contributed by atoms with E-state index in [2.05, 4.69) is 5.10 Å². The summed E-state index contributed by atoms with van der Waals surface area (Å²) in [6.07, 6.45) is 2.72. The molecule has 0 unspecified atom stereocenters. The van der Waals surface area contributed by atoms with E-state index in [-0.39, 0.29) is 11.5 Å². The number of nitrogens with two attached hydrogens (primary N) is 1. The zero-order valence-corrected chi connectivity index (χ0v) is 9.70. The Labute approximate surface area is 90.2 Å². The number of hydrogen-bond donors (Lipinski definition) is 1. The van der Waals surface area contributed by atoms with E-state index in [9.17, 15) is 8.42 Å². The number of rotatable bonds is 6. The first-order chi connectivity index (χ1) is 7.05. The molecule has 0 fully saturated rings. The molecular weight excluding hydrogens is 214 g/mol. The topological polar surface area (TPSA) is 78.0 Å². The van der Waals surface area contributed by atoms with E-state index in [4.69, 9.17) is 5.73 Å². The lowest BCUT2D eigenvalue weighted by molar-refractivity contribution is 0.591. The van der Waals surface area contributed by atoms with Gasteiger partial charge in [0.25, 0.3) is 0 Å². The van der Waals surface area contributed by atoms with Crippen molar-refractivity contribution in [3.05, 3.63) is 18.0 Å². The molecule has 5 nitrogen and oxygen atoms in total. The first kappa shape index (κ1) is 12.2. The standard InChI is InChI=1S/C9H17N3O2S/c1-12-9(3-6-11-12)4-8-15(13,14)7-2-5-10/h3,6H,2,4-5,7-8,10H2,1H3.